The van der Waals surface area contributed by atoms with Crippen LogP contribution in [-0.2, 0) is 17.9 Å². The predicted molar refractivity (Wildman–Crippen MR) is 87.4 cm³/mol. The quantitative estimate of drug-likeness (QED) is 0.632. The smallest absolute Gasteiger partial charge is 0.333 e. The summed E-state index contributed by atoms with van der Waals surface area (Å²) in [5.74, 6) is -2.03. The van der Waals surface area contributed by atoms with Gasteiger partial charge in [0.1, 0.15) is 0 Å². The second kappa shape index (κ2) is 7.62. The maximum atomic E-state index is 13.3. The summed E-state index contributed by atoms with van der Waals surface area (Å²) in [7, 11) is 0. The summed E-state index contributed by atoms with van der Waals surface area (Å²) >= 11 is 0. The second-order valence-electron chi connectivity index (χ2n) is 6.25. The lowest BCUT2D eigenvalue weighted by molar-refractivity contribution is -0.322. The van der Waals surface area contributed by atoms with E-state index in [-0.39, 0.29) is 20.0 Å². The van der Waals surface area contributed by atoms with Gasteiger partial charge in [0.2, 0.25) is 11.3 Å². The van der Waals surface area contributed by atoms with Gasteiger partial charge >= 0.3 is 12.4 Å². The van der Waals surface area contributed by atoms with Crippen LogP contribution in [0.25, 0.3) is 0 Å². The van der Waals surface area contributed by atoms with Crippen LogP contribution in [-0.4, -0.2) is 23.2 Å². The van der Waals surface area contributed by atoms with Crippen molar-refractivity contribution >= 4 is 5.91 Å². The minimum atomic E-state index is -5.78. The van der Waals surface area contributed by atoms with Gasteiger partial charge in [-0.15, -0.1) is 0 Å². The van der Waals surface area contributed by atoms with Gasteiger partial charge in [0.05, 0.1) is 0 Å². The molecule has 0 N–H and O–H groups in total. The van der Waals surface area contributed by atoms with Gasteiger partial charge in [-0.05, 0) is 18.1 Å². The molecule has 146 valence electrons. The van der Waals surface area contributed by atoms with Crippen LogP contribution in [0.15, 0.2) is 60.7 Å². The number of carbonyl (C=O) groups excluding carboxylic acids is 1. The van der Waals surface area contributed by atoms with E-state index in [1.54, 1.807) is 36.4 Å². The molecule has 2 nitrogen and oxygen atoms in total. The van der Waals surface area contributed by atoms with Crippen LogP contribution in [0.3, 0.4) is 0 Å². The Labute approximate surface area is 152 Å². The van der Waals surface area contributed by atoms with Crippen LogP contribution in [0.4, 0.5) is 26.3 Å². The van der Waals surface area contributed by atoms with Crippen molar-refractivity contribution in [3.05, 3.63) is 71.8 Å². The zero-order valence-electron chi connectivity index (χ0n) is 14.3. The zero-order valence-corrected chi connectivity index (χ0v) is 14.3. The van der Waals surface area contributed by atoms with Gasteiger partial charge < -0.3 is 4.90 Å². The third-order valence-electron chi connectivity index (χ3n) is 4.28. The first kappa shape index (κ1) is 20.8. The van der Waals surface area contributed by atoms with Crippen molar-refractivity contribution in [2.24, 2.45) is 5.41 Å². The van der Waals surface area contributed by atoms with Gasteiger partial charge in [0.15, 0.2) is 0 Å². The number of rotatable bonds is 5. The molecule has 0 fully saturated rings. The first-order chi connectivity index (χ1) is 12.5. The molecular formula is C19H17F6NO. The summed E-state index contributed by atoms with van der Waals surface area (Å²) in [4.78, 5) is 13.1. The number of nitrogens with zero attached hydrogens (tertiary/aromatic N) is 1. The highest BCUT2D eigenvalue weighted by Gasteiger charge is 2.73. The van der Waals surface area contributed by atoms with Crippen LogP contribution in [0.2, 0.25) is 0 Å². The lowest BCUT2D eigenvalue weighted by Gasteiger charge is -2.37. The molecule has 0 spiro atoms. The van der Waals surface area contributed by atoms with Gasteiger partial charge in [0, 0.05) is 13.1 Å². The fourth-order valence-electron chi connectivity index (χ4n) is 2.53. The van der Waals surface area contributed by atoms with E-state index in [4.69, 9.17) is 0 Å². The number of halogens is 6. The monoisotopic (exact) mass is 389 g/mol. The van der Waals surface area contributed by atoms with E-state index in [1.807, 2.05) is 0 Å². The number of carbonyl (C=O) groups is 1. The molecule has 0 atom stereocenters. The maximum absolute atomic E-state index is 13.3. The largest absolute Gasteiger partial charge is 0.411 e. The summed E-state index contributed by atoms with van der Waals surface area (Å²) in [6.07, 6.45) is -11.6. The Kier molecular flexibility index (Phi) is 5.87. The lowest BCUT2D eigenvalue weighted by atomic mass is 9.86. The molecule has 1 amide bonds. The van der Waals surface area contributed by atoms with Crippen molar-refractivity contribution < 1.29 is 31.1 Å². The average molecular weight is 389 g/mol. The van der Waals surface area contributed by atoms with Crippen molar-refractivity contribution in [3.8, 4) is 0 Å². The summed E-state index contributed by atoms with van der Waals surface area (Å²) in [5.41, 5.74) is -3.65. The van der Waals surface area contributed by atoms with Crippen molar-refractivity contribution in [3.63, 3.8) is 0 Å². The normalized spacial score (nSPS) is 12.7. The molecule has 0 aliphatic heterocycles. The molecule has 0 saturated carbocycles. The van der Waals surface area contributed by atoms with E-state index in [2.05, 4.69) is 0 Å². The predicted octanol–water partition coefficient (Wildman–Crippen LogP) is 5.35. The minimum Gasteiger partial charge on any atom is -0.333 e. The van der Waals surface area contributed by atoms with Gasteiger partial charge in [0.25, 0.3) is 0 Å². The molecule has 0 radical (unpaired) electrons. The molecule has 0 heterocycles. The molecule has 0 saturated heterocycles. The number of alkyl halides is 6. The van der Waals surface area contributed by atoms with Gasteiger partial charge in [-0.3, -0.25) is 4.79 Å². The summed E-state index contributed by atoms with van der Waals surface area (Å²) in [6.45, 7) is -0.870. The van der Waals surface area contributed by atoms with Crippen molar-refractivity contribution in [2.45, 2.75) is 32.4 Å². The number of hydrogen-bond acceptors (Lipinski definition) is 1. The molecule has 0 aromatic heterocycles. The molecule has 2 aromatic rings. The number of benzene rings is 2. The Morgan fingerprint density at radius 1 is 0.741 bits per heavy atom. The lowest BCUT2D eigenvalue weighted by Crippen LogP contribution is -2.58. The number of hydrogen-bond donors (Lipinski definition) is 0. The molecule has 0 aliphatic carbocycles. The SMILES string of the molecule is CC(C(=O)N(Cc1ccccc1)Cc1ccccc1)(C(F)(F)F)C(F)(F)F. The van der Waals surface area contributed by atoms with Gasteiger partial charge in [-0.25, -0.2) is 0 Å². The maximum Gasteiger partial charge on any atom is 0.411 e. The molecule has 0 bridgehead atoms. The minimum absolute atomic E-state index is 0.113. The van der Waals surface area contributed by atoms with Crippen LogP contribution in [0.5, 0.6) is 0 Å². The highest BCUT2D eigenvalue weighted by Crippen LogP contribution is 2.51. The fourth-order valence-corrected chi connectivity index (χ4v) is 2.53. The Bertz CT molecular complexity index is 700. The summed E-state index contributed by atoms with van der Waals surface area (Å²) < 4.78 is 79.9. The molecule has 0 aliphatic rings. The Hall–Kier alpha value is -2.51. The Balaban J connectivity index is 2.45. The molecule has 0 unspecified atom stereocenters. The van der Waals surface area contributed by atoms with Gasteiger partial charge in [-0.1, -0.05) is 60.7 Å². The Morgan fingerprint density at radius 3 is 1.37 bits per heavy atom. The number of amides is 1. The highest BCUT2D eigenvalue weighted by atomic mass is 19.4. The van der Waals surface area contributed by atoms with Crippen molar-refractivity contribution in [1.29, 1.82) is 0 Å². The fraction of sp³-hybridized carbons (Fsp3) is 0.316. The Morgan fingerprint density at radius 2 is 1.07 bits per heavy atom. The standard InChI is InChI=1S/C19H17F6NO/c1-17(18(20,21)22,19(23,24)25)16(27)26(12-14-8-4-2-5-9-14)13-15-10-6-3-7-11-15/h2-11H,12-13H2,1H3. The van der Waals surface area contributed by atoms with Crippen LogP contribution in [0.1, 0.15) is 18.1 Å². The molecule has 27 heavy (non-hydrogen) atoms. The van der Waals surface area contributed by atoms with Crippen LogP contribution >= 0.6 is 0 Å². The van der Waals surface area contributed by atoms with Gasteiger partial charge in [-0.2, -0.15) is 26.3 Å². The zero-order chi connectivity index (χ0) is 20.3. The van der Waals surface area contributed by atoms with E-state index >= 15 is 0 Å². The molecule has 2 rings (SSSR count). The average Bonchev–Trinajstić information content (AvgIpc) is 2.59. The highest BCUT2D eigenvalue weighted by molar-refractivity contribution is 5.84. The first-order valence-corrected chi connectivity index (χ1v) is 7.97. The van der Waals surface area contributed by atoms with Crippen molar-refractivity contribution in [1.82, 2.24) is 4.90 Å². The van der Waals surface area contributed by atoms with Crippen LogP contribution in [0, 0.1) is 5.41 Å². The molecule has 8 heteroatoms. The third-order valence-corrected chi connectivity index (χ3v) is 4.28. The van der Waals surface area contributed by atoms with E-state index in [0.717, 1.165) is 0 Å². The topological polar surface area (TPSA) is 20.3 Å². The first-order valence-electron chi connectivity index (χ1n) is 7.97. The second-order valence-corrected chi connectivity index (χ2v) is 6.25. The molecular weight excluding hydrogens is 372 g/mol. The van der Waals surface area contributed by atoms with Crippen molar-refractivity contribution in [2.75, 3.05) is 0 Å². The van der Waals surface area contributed by atoms with Crippen LogP contribution < -0.4 is 0 Å². The van der Waals surface area contributed by atoms with E-state index in [0.29, 0.717) is 16.0 Å². The summed E-state index contributed by atoms with van der Waals surface area (Å²) in [5, 5.41) is 0. The van der Waals surface area contributed by atoms with E-state index in [1.165, 1.54) is 24.3 Å². The third kappa shape index (κ3) is 4.43. The molecule has 2 aromatic carbocycles. The summed E-state index contributed by atoms with van der Waals surface area (Å²) in [6, 6.07) is 15.8. The van der Waals surface area contributed by atoms with E-state index < -0.39 is 23.7 Å². The van der Waals surface area contributed by atoms with E-state index in [9.17, 15) is 31.1 Å².